The maximum absolute atomic E-state index is 12.6. The number of Topliss-reactive ketones (excluding diaryl/α,β-unsaturated/α-hetero) is 1. The molecule has 19 heavy (non-hydrogen) atoms. The molecule has 0 spiro atoms. The summed E-state index contributed by atoms with van der Waals surface area (Å²) in [6, 6.07) is 9.96. The second kappa shape index (κ2) is 4.82. The van der Waals surface area contributed by atoms with E-state index in [1.807, 2.05) is 31.2 Å². The summed E-state index contributed by atoms with van der Waals surface area (Å²) >= 11 is 1.74. The van der Waals surface area contributed by atoms with Gasteiger partial charge in [0.05, 0.1) is 12.7 Å². The molecule has 1 aromatic carbocycles. The van der Waals surface area contributed by atoms with Gasteiger partial charge < -0.3 is 4.74 Å². The molecule has 2 nitrogen and oxygen atoms in total. The number of carbonyl (C=O) groups excluding carboxylic acids is 1. The number of rotatable bonds is 4. The zero-order chi connectivity index (χ0) is 13.4. The summed E-state index contributed by atoms with van der Waals surface area (Å²) in [6.07, 6.45) is 0.969. The molecular weight excluding hydrogens is 256 g/mol. The van der Waals surface area contributed by atoms with E-state index in [4.69, 9.17) is 4.74 Å². The van der Waals surface area contributed by atoms with Crippen LogP contribution in [-0.4, -0.2) is 12.9 Å². The molecule has 0 bridgehead atoms. The first kappa shape index (κ1) is 12.4. The van der Waals surface area contributed by atoms with Gasteiger partial charge in [-0.05, 0) is 36.9 Å². The van der Waals surface area contributed by atoms with E-state index in [0.29, 0.717) is 11.7 Å². The Balaban J connectivity index is 1.84. The number of hydrogen-bond acceptors (Lipinski definition) is 3. The molecule has 2 atom stereocenters. The van der Waals surface area contributed by atoms with Crippen LogP contribution in [0.15, 0.2) is 35.7 Å². The number of aryl methyl sites for hydroxylation is 1. The van der Waals surface area contributed by atoms with Gasteiger partial charge in [0.1, 0.15) is 5.75 Å². The van der Waals surface area contributed by atoms with Crippen LogP contribution in [0.3, 0.4) is 0 Å². The van der Waals surface area contributed by atoms with Gasteiger partial charge in [0.25, 0.3) is 0 Å². The van der Waals surface area contributed by atoms with Gasteiger partial charge in [0, 0.05) is 16.7 Å². The predicted octanol–water partition coefficient (Wildman–Crippen LogP) is 4.05. The van der Waals surface area contributed by atoms with E-state index in [2.05, 4.69) is 11.4 Å². The second-order valence-electron chi connectivity index (χ2n) is 5.03. The molecular formula is C16H16O2S. The van der Waals surface area contributed by atoms with E-state index in [-0.39, 0.29) is 11.7 Å². The first-order valence-electron chi connectivity index (χ1n) is 6.43. The number of ether oxygens (including phenoxy) is 1. The first-order valence-corrected chi connectivity index (χ1v) is 7.31. The molecule has 1 saturated carbocycles. The third-order valence-corrected chi connectivity index (χ3v) is 4.66. The third kappa shape index (κ3) is 2.30. The van der Waals surface area contributed by atoms with E-state index >= 15 is 0 Å². The number of carbonyl (C=O) groups is 1. The van der Waals surface area contributed by atoms with Crippen LogP contribution < -0.4 is 4.74 Å². The summed E-state index contributed by atoms with van der Waals surface area (Å²) in [5.74, 6) is 1.46. The van der Waals surface area contributed by atoms with Crippen LogP contribution in [-0.2, 0) is 0 Å². The van der Waals surface area contributed by atoms with Crippen LogP contribution in [0.5, 0.6) is 5.75 Å². The Morgan fingerprint density at radius 2 is 2.21 bits per heavy atom. The monoisotopic (exact) mass is 272 g/mol. The van der Waals surface area contributed by atoms with Crippen molar-refractivity contribution >= 4 is 17.1 Å². The zero-order valence-corrected chi connectivity index (χ0v) is 11.9. The highest BCUT2D eigenvalue weighted by Crippen LogP contribution is 2.51. The zero-order valence-electron chi connectivity index (χ0n) is 11.1. The molecule has 1 heterocycles. The van der Waals surface area contributed by atoms with Crippen LogP contribution in [0.1, 0.15) is 33.1 Å². The maximum atomic E-state index is 12.6. The van der Waals surface area contributed by atoms with Crippen molar-refractivity contribution in [3.05, 3.63) is 51.7 Å². The first-order chi connectivity index (χ1) is 9.20. The normalized spacial score (nSPS) is 21.2. The predicted molar refractivity (Wildman–Crippen MR) is 77.2 cm³/mol. The SMILES string of the molecule is COc1ccc(C)cc1C(=O)C1CC1c1cccs1. The summed E-state index contributed by atoms with van der Waals surface area (Å²) in [4.78, 5) is 13.9. The van der Waals surface area contributed by atoms with Crippen molar-refractivity contribution in [3.63, 3.8) is 0 Å². The fourth-order valence-electron chi connectivity index (χ4n) is 2.52. The van der Waals surface area contributed by atoms with Crippen molar-refractivity contribution in [3.8, 4) is 5.75 Å². The van der Waals surface area contributed by atoms with Crippen LogP contribution in [0.4, 0.5) is 0 Å². The van der Waals surface area contributed by atoms with E-state index < -0.39 is 0 Å². The van der Waals surface area contributed by atoms with E-state index in [1.54, 1.807) is 18.4 Å². The molecule has 98 valence electrons. The number of benzene rings is 1. The van der Waals surface area contributed by atoms with Crippen molar-refractivity contribution in [1.29, 1.82) is 0 Å². The van der Waals surface area contributed by atoms with Gasteiger partial charge in [0.15, 0.2) is 5.78 Å². The van der Waals surface area contributed by atoms with Gasteiger partial charge in [-0.25, -0.2) is 0 Å². The number of thiophene rings is 1. The van der Waals surface area contributed by atoms with Gasteiger partial charge >= 0.3 is 0 Å². The summed E-state index contributed by atoms with van der Waals surface area (Å²) < 4.78 is 5.31. The number of methoxy groups -OCH3 is 1. The van der Waals surface area contributed by atoms with Crippen LogP contribution >= 0.6 is 11.3 Å². The Kier molecular flexibility index (Phi) is 3.15. The van der Waals surface area contributed by atoms with Crippen LogP contribution in [0.25, 0.3) is 0 Å². The highest BCUT2D eigenvalue weighted by molar-refractivity contribution is 7.10. The van der Waals surface area contributed by atoms with Crippen LogP contribution in [0.2, 0.25) is 0 Å². The molecule has 2 unspecified atom stereocenters. The summed E-state index contributed by atoms with van der Waals surface area (Å²) in [5.41, 5.74) is 1.82. The minimum absolute atomic E-state index is 0.134. The van der Waals surface area contributed by atoms with Crippen LogP contribution in [0, 0.1) is 12.8 Å². The molecule has 0 amide bonds. The minimum Gasteiger partial charge on any atom is -0.496 e. The van der Waals surface area contributed by atoms with E-state index in [1.165, 1.54) is 4.88 Å². The summed E-state index contributed by atoms with van der Waals surface area (Å²) in [5, 5.41) is 2.07. The fourth-order valence-corrected chi connectivity index (χ4v) is 3.42. The molecule has 0 N–H and O–H groups in total. The number of hydrogen-bond donors (Lipinski definition) is 0. The van der Waals surface area contributed by atoms with Crippen molar-refractivity contribution in [2.24, 2.45) is 5.92 Å². The highest BCUT2D eigenvalue weighted by Gasteiger charge is 2.45. The minimum atomic E-state index is 0.134. The standard InChI is InChI=1S/C16H16O2S/c1-10-5-6-14(18-2)13(8-10)16(17)12-9-11(12)15-4-3-7-19-15/h3-8,11-12H,9H2,1-2H3. The molecule has 1 aliphatic rings. The van der Waals surface area contributed by atoms with Gasteiger partial charge in [-0.2, -0.15) is 0 Å². The van der Waals surface area contributed by atoms with Crippen molar-refractivity contribution in [1.82, 2.24) is 0 Å². The Morgan fingerprint density at radius 1 is 1.37 bits per heavy atom. The lowest BCUT2D eigenvalue weighted by Gasteiger charge is -2.08. The van der Waals surface area contributed by atoms with Crippen molar-refractivity contribution in [2.75, 3.05) is 7.11 Å². The van der Waals surface area contributed by atoms with Crippen molar-refractivity contribution < 1.29 is 9.53 Å². The van der Waals surface area contributed by atoms with E-state index in [0.717, 1.165) is 17.5 Å². The molecule has 0 radical (unpaired) electrons. The average Bonchev–Trinajstić information content (AvgIpc) is 3.03. The molecule has 1 fully saturated rings. The Bertz CT molecular complexity index is 601. The molecule has 1 aromatic heterocycles. The van der Waals surface area contributed by atoms with Gasteiger partial charge in [0.2, 0.25) is 0 Å². The molecule has 3 rings (SSSR count). The fraction of sp³-hybridized carbons (Fsp3) is 0.312. The number of ketones is 1. The molecule has 0 saturated heterocycles. The lowest BCUT2D eigenvalue weighted by atomic mass is 10.0. The topological polar surface area (TPSA) is 26.3 Å². The quantitative estimate of drug-likeness (QED) is 0.785. The maximum Gasteiger partial charge on any atom is 0.170 e. The Hall–Kier alpha value is -1.61. The lowest BCUT2D eigenvalue weighted by molar-refractivity contribution is 0.0962. The van der Waals surface area contributed by atoms with E-state index in [9.17, 15) is 4.79 Å². The molecule has 3 heteroatoms. The molecule has 1 aliphatic carbocycles. The van der Waals surface area contributed by atoms with Gasteiger partial charge in [-0.3, -0.25) is 4.79 Å². The third-order valence-electron chi connectivity index (χ3n) is 3.66. The average molecular weight is 272 g/mol. The Labute approximate surface area is 117 Å². The lowest BCUT2D eigenvalue weighted by Crippen LogP contribution is -2.05. The second-order valence-corrected chi connectivity index (χ2v) is 6.01. The molecule has 0 aliphatic heterocycles. The smallest absolute Gasteiger partial charge is 0.170 e. The van der Waals surface area contributed by atoms with Gasteiger partial charge in [-0.15, -0.1) is 11.3 Å². The summed E-state index contributed by atoms with van der Waals surface area (Å²) in [6.45, 7) is 2.00. The largest absolute Gasteiger partial charge is 0.496 e. The van der Waals surface area contributed by atoms with Crippen molar-refractivity contribution in [2.45, 2.75) is 19.3 Å². The molecule has 2 aromatic rings. The summed E-state index contributed by atoms with van der Waals surface area (Å²) in [7, 11) is 1.62. The van der Waals surface area contributed by atoms with Gasteiger partial charge in [-0.1, -0.05) is 17.7 Å². The highest BCUT2D eigenvalue weighted by atomic mass is 32.1. The Morgan fingerprint density at radius 3 is 2.89 bits per heavy atom.